The molecular formula is C14H13Br2N3O3S. The van der Waals surface area contributed by atoms with Gasteiger partial charge in [0.2, 0.25) is 5.91 Å². The molecule has 1 aromatic heterocycles. The zero-order valence-electron chi connectivity index (χ0n) is 12.2. The minimum absolute atomic E-state index is 0.0703. The summed E-state index contributed by atoms with van der Waals surface area (Å²) in [5.74, 6) is -0.0196. The van der Waals surface area contributed by atoms with Crippen LogP contribution in [0, 0.1) is 6.92 Å². The summed E-state index contributed by atoms with van der Waals surface area (Å²) < 4.78 is 28.6. The summed E-state index contributed by atoms with van der Waals surface area (Å²) in [7, 11) is -3.78. The van der Waals surface area contributed by atoms with Crippen LogP contribution in [0.3, 0.4) is 0 Å². The van der Waals surface area contributed by atoms with Crippen molar-refractivity contribution in [2.24, 2.45) is 0 Å². The Morgan fingerprint density at radius 2 is 1.74 bits per heavy atom. The summed E-state index contributed by atoms with van der Waals surface area (Å²) in [4.78, 5) is 15.2. The molecule has 0 aliphatic carbocycles. The Bertz CT molecular complexity index is 852. The van der Waals surface area contributed by atoms with Gasteiger partial charge in [-0.05, 0) is 69.1 Å². The summed E-state index contributed by atoms with van der Waals surface area (Å²) in [5.41, 5.74) is 1.18. The van der Waals surface area contributed by atoms with Gasteiger partial charge in [0.1, 0.15) is 0 Å². The molecule has 0 atom stereocenters. The van der Waals surface area contributed by atoms with E-state index in [9.17, 15) is 13.2 Å². The van der Waals surface area contributed by atoms with E-state index in [1.165, 1.54) is 31.2 Å². The van der Waals surface area contributed by atoms with E-state index in [1.54, 1.807) is 13.0 Å². The van der Waals surface area contributed by atoms with Crippen molar-refractivity contribution in [1.29, 1.82) is 0 Å². The molecule has 122 valence electrons. The highest BCUT2D eigenvalue weighted by Crippen LogP contribution is 2.28. The number of carbonyl (C=O) groups is 1. The Morgan fingerprint density at radius 1 is 1.13 bits per heavy atom. The maximum atomic E-state index is 12.4. The normalized spacial score (nSPS) is 11.1. The molecule has 2 aromatic rings. The first kappa shape index (κ1) is 17.9. The van der Waals surface area contributed by atoms with Gasteiger partial charge < -0.3 is 5.32 Å². The van der Waals surface area contributed by atoms with Gasteiger partial charge in [0, 0.05) is 17.1 Å². The number of rotatable bonds is 4. The molecule has 23 heavy (non-hydrogen) atoms. The number of aromatic nitrogens is 1. The fourth-order valence-corrected chi connectivity index (χ4v) is 3.93. The minimum Gasteiger partial charge on any atom is -0.326 e. The molecule has 0 saturated carbocycles. The Balaban J connectivity index is 2.28. The number of nitrogens with zero attached hydrogens (tertiary/aromatic N) is 1. The van der Waals surface area contributed by atoms with E-state index in [-0.39, 0.29) is 16.6 Å². The maximum absolute atomic E-state index is 12.4. The number of hydrogen-bond donors (Lipinski definition) is 2. The fraction of sp³-hybridized carbons (Fsp3) is 0.143. The number of aryl methyl sites for hydroxylation is 1. The molecule has 0 fully saturated rings. The number of sulfonamides is 1. The number of carbonyl (C=O) groups excluding carboxylic acids is 1. The summed E-state index contributed by atoms with van der Waals surface area (Å²) in [6, 6.07) is 7.58. The lowest BCUT2D eigenvalue weighted by Gasteiger charge is -2.11. The van der Waals surface area contributed by atoms with Crippen LogP contribution >= 0.6 is 31.9 Å². The highest BCUT2D eigenvalue weighted by atomic mass is 79.9. The smallest absolute Gasteiger partial charge is 0.263 e. The molecule has 9 heteroatoms. The van der Waals surface area contributed by atoms with Gasteiger partial charge in [0.15, 0.2) is 5.82 Å². The van der Waals surface area contributed by atoms with Crippen molar-refractivity contribution in [3.8, 4) is 0 Å². The molecule has 0 aliphatic rings. The van der Waals surface area contributed by atoms with E-state index in [0.717, 1.165) is 4.47 Å². The lowest BCUT2D eigenvalue weighted by molar-refractivity contribution is -0.114. The monoisotopic (exact) mass is 461 g/mol. The molecule has 0 radical (unpaired) electrons. The number of hydrogen-bond acceptors (Lipinski definition) is 4. The van der Waals surface area contributed by atoms with Gasteiger partial charge in [-0.1, -0.05) is 0 Å². The Morgan fingerprint density at radius 3 is 2.30 bits per heavy atom. The first-order valence-corrected chi connectivity index (χ1v) is 9.49. The summed E-state index contributed by atoms with van der Waals surface area (Å²) >= 11 is 6.61. The average molecular weight is 463 g/mol. The lowest BCUT2D eigenvalue weighted by atomic mass is 10.3. The third kappa shape index (κ3) is 4.52. The van der Waals surface area contributed by atoms with E-state index in [4.69, 9.17) is 0 Å². The van der Waals surface area contributed by atoms with Crippen LogP contribution < -0.4 is 10.0 Å². The first-order chi connectivity index (χ1) is 10.7. The molecule has 0 aliphatic heterocycles. The number of pyridine rings is 1. The zero-order chi connectivity index (χ0) is 17.2. The number of anilines is 2. The van der Waals surface area contributed by atoms with Gasteiger partial charge >= 0.3 is 0 Å². The Hall–Kier alpha value is -1.45. The maximum Gasteiger partial charge on any atom is 0.263 e. The second-order valence-corrected chi connectivity index (χ2v) is 8.09. The molecule has 0 saturated heterocycles. The molecule has 1 aromatic carbocycles. The SMILES string of the molecule is CC(=O)Nc1ccc(S(=O)(=O)Nc2nc(C)c(Br)cc2Br)cc1. The van der Waals surface area contributed by atoms with Crippen molar-refractivity contribution in [2.75, 3.05) is 10.0 Å². The van der Waals surface area contributed by atoms with E-state index in [2.05, 4.69) is 46.9 Å². The van der Waals surface area contributed by atoms with Crippen LogP contribution in [0.15, 0.2) is 44.2 Å². The largest absolute Gasteiger partial charge is 0.326 e. The van der Waals surface area contributed by atoms with Gasteiger partial charge in [0.25, 0.3) is 10.0 Å². The lowest BCUT2D eigenvalue weighted by Crippen LogP contribution is -2.15. The quantitative estimate of drug-likeness (QED) is 0.725. The first-order valence-electron chi connectivity index (χ1n) is 6.42. The van der Waals surface area contributed by atoms with Crippen molar-refractivity contribution in [3.05, 3.63) is 45.0 Å². The number of nitrogens with one attached hydrogen (secondary N) is 2. The second-order valence-electron chi connectivity index (χ2n) is 4.70. The van der Waals surface area contributed by atoms with Gasteiger partial charge in [-0.3, -0.25) is 9.52 Å². The molecule has 0 unspecified atom stereocenters. The van der Waals surface area contributed by atoms with Crippen LogP contribution in [0.4, 0.5) is 11.5 Å². The summed E-state index contributed by atoms with van der Waals surface area (Å²) in [5, 5.41) is 2.58. The fourth-order valence-electron chi connectivity index (χ4n) is 1.74. The van der Waals surface area contributed by atoms with Crippen LogP contribution in [0.25, 0.3) is 0 Å². The molecule has 6 nitrogen and oxygen atoms in total. The highest BCUT2D eigenvalue weighted by Gasteiger charge is 2.17. The summed E-state index contributed by atoms with van der Waals surface area (Å²) in [6.45, 7) is 3.14. The van der Waals surface area contributed by atoms with Crippen molar-refractivity contribution < 1.29 is 13.2 Å². The Kier molecular flexibility index (Phi) is 5.43. The summed E-state index contributed by atoms with van der Waals surface area (Å²) in [6.07, 6.45) is 0. The molecule has 0 bridgehead atoms. The average Bonchev–Trinajstić information content (AvgIpc) is 2.44. The third-order valence-corrected chi connectivity index (χ3v) is 5.58. The van der Waals surface area contributed by atoms with Crippen molar-refractivity contribution in [1.82, 2.24) is 4.98 Å². The van der Waals surface area contributed by atoms with Crippen LogP contribution in [0.1, 0.15) is 12.6 Å². The van der Waals surface area contributed by atoms with Crippen LogP contribution in [0.5, 0.6) is 0 Å². The van der Waals surface area contributed by atoms with E-state index < -0.39 is 10.0 Å². The second kappa shape index (κ2) is 6.98. The van der Waals surface area contributed by atoms with Gasteiger partial charge in [-0.2, -0.15) is 0 Å². The minimum atomic E-state index is -3.78. The van der Waals surface area contributed by atoms with Crippen molar-refractivity contribution >= 4 is 59.3 Å². The van der Waals surface area contributed by atoms with E-state index in [1.807, 2.05) is 0 Å². The Labute approximate surface area is 151 Å². The highest BCUT2D eigenvalue weighted by molar-refractivity contribution is 9.11. The number of halogens is 2. The predicted octanol–water partition coefficient (Wildman–Crippen LogP) is 3.67. The number of benzene rings is 1. The van der Waals surface area contributed by atoms with Gasteiger partial charge in [-0.15, -0.1) is 0 Å². The molecule has 1 amide bonds. The van der Waals surface area contributed by atoms with Crippen LogP contribution in [-0.4, -0.2) is 19.3 Å². The van der Waals surface area contributed by atoms with Crippen LogP contribution in [-0.2, 0) is 14.8 Å². The topological polar surface area (TPSA) is 88.2 Å². The van der Waals surface area contributed by atoms with Gasteiger partial charge in [-0.25, -0.2) is 13.4 Å². The van der Waals surface area contributed by atoms with E-state index >= 15 is 0 Å². The molecule has 1 heterocycles. The van der Waals surface area contributed by atoms with E-state index in [0.29, 0.717) is 15.9 Å². The van der Waals surface area contributed by atoms with Gasteiger partial charge in [0.05, 0.1) is 15.1 Å². The molecule has 2 rings (SSSR count). The standard InChI is InChI=1S/C14H13Br2N3O3S/c1-8-12(15)7-13(16)14(17-8)19-23(21,22)11-5-3-10(4-6-11)18-9(2)20/h3-7H,1-2H3,(H,17,19)(H,18,20). The number of amides is 1. The third-order valence-electron chi connectivity index (χ3n) is 2.82. The molecule has 2 N–H and O–H groups in total. The molecule has 0 spiro atoms. The predicted molar refractivity (Wildman–Crippen MR) is 95.9 cm³/mol. The van der Waals surface area contributed by atoms with Crippen molar-refractivity contribution in [3.63, 3.8) is 0 Å². The zero-order valence-corrected chi connectivity index (χ0v) is 16.2. The van der Waals surface area contributed by atoms with Crippen LogP contribution in [0.2, 0.25) is 0 Å². The molecular weight excluding hydrogens is 450 g/mol. The van der Waals surface area contributed by atoms with Crippen molar-refractivity contribution in [2.45, 2.75) is 18.7 Å².